The van der Waals surface area contributed by atoms with E-state index in [1.54, 1.807) is 12.1 Å². The Balaban J connectivity index is 1.78. The third-order valence-electron chi connectivity index (χ3n) is 5.10. The van der Waals surface area contributed by atoms with Gasteiger partial charge in [-0.05, 0) is 48.2 Å². The Labute approximate surface area is 146 Å². The molecule has 0 amide bonds. The first-order valence-corrected chi connectivity index (χ1v) is 9.65. The molecular formula is C18H25F3N2S. The maximum absolute atomic E-state index is 12.5. The van der Waals surface area contributed by atoms with E-state index >= 15 is 0 Å². The molecule has 1 aromatic rings. The van der Waals surface area contributed by atoms with Gasteiger partial charge in [0.1, 0.15) is 0 Å². The van der Waals surface area contributed by atoms with Crippen LogP contribution in [0, 0.1) is 5.92 Å². The third kappa shape index (κ3) is 4.90. The van der Waals surface area contributed by atoms with Crippen molar-refractivity contribution in [2.45, 2.75) is 48.5 Å². The Bertz CT molecular complexity index is 488. The molecule has 1 heterocycles. The fourth-order valence-electron chi connectivity index (χ4n) is 4.06. The molecule has 6 heteroatoms. The van der Waals surface area contributed by atoms with Crippen LogP contribution in [0.25, 0.3) is 0 Å². The molecule has 2 nitrogen and oxygen atoms in total. The van der Waals surface area contributed by atoms with E-state index in [1.807, 2.05) is 12.1 Å². The molecule has 0 radical (unpaired) electrons. The highest BCUT2D eigenvalue weighted by molar-refractivity contribution is 8.00. The lowest BCUT2D eigenvalue weighted by Crippen LogP contribution is -2.47. The number of thioether (sulfide) groups is 1. The summed E-state index contributed by atoms with van der Waals surface area (Å²) >= 11 is -0.0313. The third-order valence-corrected chi connectivity index (χ3v) is 5.84. The Morgan fingerprint density at radius 1 is 1.00 bits per heavy atom. The minimum absolute atomic E-state index is 0.0313. The summed E-state index contributed by atoms with van der Waals surface area (Å²) < 4.78 is 37.6. The first kappa shape index (κ1) is 18.1. The zero-order valence-electron chi connectivity index (χ0n) is 13.8. The standard InChI is InChI=1S/C18H25F3N2S/c19-18(20,21)24-16-8-6-15(7-9-16)17(14-4-2-1-3-5-14)23-12-10-22-11-13-23/h6-9,14,17,22H,1-5,10-13H2/t17-/m1/s1. The molecule has 0 aromatic heterocycles. The van der Waals surface area contributed by atoms with Crippen molar-refractivity contribution in [3.63, 3.8) is 0 Å². The molecule has 1 saturated heterocycles. The SMILES string of the molecule is FC(F)(F)Sc1ccc([C@@H](C2CCCCC2)N2CCNCC2)cc1. The number of nitrogens with one attached hydrogen (secondary N) is 1. The molecule has 24 heavy (non-hydrogen) atoms. The molecular weight excluding hydrogens is 333 g/mol. The molecule has 2 aliphatic rings. The van der Waals surface area contributed by atoms with Crippen molar-refractivity contribution in [3.05, 3.63) is 29.8 Å². The van der Waals surface area contributed by atoms with Gasteiger partial charge >= 0.3 is 5.51 Å². The Morgan fingerprint density at radius 2 is 1.62 bits per heavy atom. The number of benzene rings is 1. The molecule has 0 unspecified atom stereocenters. The van der Waals surface area contributed by atoms with Crippen molar-refractivity contribution in [1.82, 2.24) is 10.2 Å². The van der Waals surface area contributed by atoms with E-state index in [4.69, 9.17) is 0 Å². The van der Waals surface area contributed by atoms with Gasteiger partial charge in [0.25, 0.3) is 0 Å². The number of hydrogen-bond acceptors (Lipinski definition) is 3. The average molecular weight is 358 g/mol. The Hall–Kier alpha value is -0.720. The van der Waals surface area contributed by atoms with Crippen molar-refractivity contribution in [2.24, 2.45) is 5.92 Å². The number of piperazine rings is 1. The first-order valence-electron chi connectivity index (χ1n) is 8.83. The first-order chi connectivity index (χ1) is 11.5. The summed E-state index contributed by atoms with van der Waals surface area (Å²) in [6, 6.07) is 7.43. The quantitative estimate of drug-likeness (QED) is 0.777. The van der Waals surface area contributed by atoms with E-state index in [2.05, 4.69) is 10.2 Å². The van der Waals surface area contributed by atoms with Gasteiger partial charge in [-0.2, -0.15) is 13.2 Å². The van der Waals surface area contributed by atoms with Crippen LogP contribution in [0.5, 0.6) is 0 Å². The second-order valence-electron chi connectivity index (χ2n) is 6.75. The predicted octanol–water partition coefficient (Wildman–Crippen LogP) is 4.83. The Morgan fingerprint density at radius 3 is 2.21 bits per heavy atom. The summed E-state index contributed by atoms with van der Waals surface area (Å²) in [4.78, 5) is 2.80. The van der Waals surface area contributed by atoms with E-state index in [0.29, 0.717) is 12.0 Å². The van der Waals surface area contributed by atoms with E-state index in [9.17, 15) is 13.2 Å². The average Bonchev–Trinajstić information content (AvgIpc) is 2.57. The minimum Gasteiger partial charge on any atom is -0.314 e. The molecule has 2 fully saturated rings. The second-order valence-corrected chi connectivity index (χ2v) is 7.88. The summed E-state index contributed by atoms with van der Waals surface area (Å²) in [5, 5.41) is 3.39. The van der Waals surface area contributed by atoms with Crippen LogP contribution in [-0.4, -0.2) is 36.6 Å². The van der Waals surface area contributed by atoms with E-state index in [-0.39, 0.29) is 16.7 Å². The van der Waals surface area contributed by atoms with E-state index < -0.39 is 5.51 Å². The molecule has 1 aliphatic heterocycles. The highest BCUT2D eigenvalue weighted by atomic mass is 32.2. The monoisotopic (exact) mass is 358 g/mol. The highest BCUT2D eigenvalue weighted by Gasteiger charge is 2.32. The topological polar surface area (TPSA) is 15.3 Å². The minimum atomic E-state index is -4.22. The molecule has 134 valence electrons. The van der Waals surface area contributed by atoms with Crippen LogP contribution in [-0.2, 0) is 0 Å². The van der Waals surface area contributed by atoms with Crippen LogP contribution >= 0.6 is 11.8 Å². The maximum atomic E-state index is 12.5. The van der Waals surface area contributed by atoms with Gasteiger partial charge in [0.2, 0.25) is 0 Å². The van der Waals surface area contributed by atoms with Crippen molar-refractivity contribution in [2.75, 3.05) is 26.2 Å². The van der Waals surface area contributed by atoms with Gasteiger partial charge < -0.3 is 5.32 Å². The van der Waals surface area contributed by atoms with Gasteiger partial charge in [0, 0.05) is 37.1 Å². The van der Waals surface area contributed by atoms with Crippen LogP contribution in [0.3, 0.4) is 0 Å². The summed E-state index contributed by atoms with van der Waals surface area (Å²) in [5.74, 6) is 0.623. The fourth-order valence-corrected chi connectivity index (χ4v) is 4.60. The van der Waals surface area contributed by atoms with E-state index in [1.165, 1.54) is 37.7 Å². The molecule has 3 rings (SSSR count). The summed E-state index contributed by atoms with van der Waals surface area (Å²) in [5.41, 5.74) is -3.04. The van der Waals surface area contributed by atoms with Crippen molar-refractivity contribution < 1.29 is 13.2 Å². The number of rotatable bonds is 4. The molecule has 0 bridgehead atoms. The van der Waals surface area contributed by atoms with Gasteiger partial charge in [-0.3, -0.25) is 4.90 Å². The summed E-state index contributed by atoms with van der Waals surface area (Å²) in [6.45, 7) is 4.01. The molecule has 1 saturated carbocycles. The lowest BCUT2D eigenvalue weighted by Gasteiger charge is -2.41. The van der Waals surface area contributed by atoms with Gasteiger partial charge in [-0.25, -0.2) is 0 Å². The van der Waals surface area contributed by atoms with Crippen molar-refractivity contribution in [1.29, 1.82) is 0 Å². The van der Waals surface area contributed by atoms with E-state index in [0.717, 1.165) is 26.2 Å². The smallest absolute Gasteiger partial charge is 0.314 e. The van der Waals surface area contributed by atoms with Gasteiger partial charge in [0.15, 0.2) is 0 Å². The number of nitrogens with zero attached hydrogens (tertiary/aromatic N) is 1. The lowest BCUT2D eigenvalue weighted by atomic mass is 9.80. The van der Waals surface area contributed by atoms with Crippen LogP contribution < -0.4 is 5.32 Å². The van der Waals surface area contributed by atoms with Gasteiger partial charge in [-0.1, -0.05) is 31.4 Å². The molecule has 1 aliphatic carbocycles. The van der Waals surface area contributed by atoms with Crippen LogP contribution in [0.1, 0.15) is 43.7 Å². The lowest BCUT2D eigenvalue weighted by molar-refractivity contribution is -0.0328. The predicted molar refractivity (Wildman–Crippen MR) is 92.1 cm³/mol. The van der Waals surface area contributed by atoms with Crippen LogP contribution in [0.2, 0.25) is 0 Å². The van der Waals surface area contributed by atoms with Crippen LogP contribution in [0.15, 0.2) is 29.2 Å². The largest absolute Gasteiger partial charge is 0.446 e. The maximum Gasteiger partial charge on any atom is 0.446 e. The normalized spacial score (nSPS) is 22.5. The molecule has 1 atom stereocenters. The molecule has 1 N–H and O–H groups in total. The van der Waals surface area contributed by atoms with Gasteiger partial charge in [-0.15, -0.1) is 0 Å². The zero-order chi connectivity index (χ0) is 17.0. The number of hydrogen-bond donors (Lipinski definition) is 1. The molecule has 0 spiro atoms. The van der Waals surface area contributed by atoms with Crippen molar-refractivity contribution in [3.8, 4) is 0 Å². The number of alkyl halides is 3. The van der Waals surface area contributed by atoms with Crippen LogP contribution in [0.4, 0.5) is 13.2 Å². The summed E-state index contributed by atoms with van der Waals surface area (Å²) in [7, 11) is 0. The summed E-state index contributed by atoms with van der Waals surface area (Å²) in [6.07, 6.45) is 6.32. The number of halogens is 3. The highest BCUT2D eigenvalue weighted by Crippen LogP contribution is 2.41. The second kappa shape index (κ2) is 8.11. The van der Waals surface area contributed by atoms with Gasteiger partial charge in [0.05, 0.1) is 0 Å². The molecule has 1 aromatic carbocycles. The Kier molecular flexibility index (Phi) is 6.11. The zero-order valence-corrected chi connectivity index (χ0v) is 14.6. The fraction of sp³-hybridized carbons (Fsp3) is 0.667. The van der Waals surface area contributed by atoms with Crippen molar-refractivity contribution >= 4 is 11.8 Å².